The Morgan fingerprint density at radius 3 is 2.80 bits per heavy atom. The van der Waals surface area contributed by atoms with Crippen LogP contribution in [0.4, 0.5) is 0 Å². The number of nitrogens with one attached hydrogen (secondary N) is 1. The van der Waals surface area contributed by atoms with E-state index in [4.69, 9.17) is 4.74 Å². The zero-order valence-corrected chi connectivity index (χ0v) is 10.1. The monoisotopic (exact) mass is 212 g/mol. The molecule has 0 radical (unpaired) electrons. The SMILES string of the molecule is COCCN(CC1(C)CCNC1)C1CC1. The normalized spacial score (nSPS) is 31.4. The molecule has 2 fully saturated rings. The largest absolute Gasteiger partial charge is 0.383 e. The zero-order chi connectivity index (χ0) is 10.7. The molecule has 0 aromatic rings. The fraction of sp³-hybridized carbons (Fsp3) is 1.00. The Morgan fingerprint density at radius 2 is 2.27 bits per heavy atom. The molecule has 1 saturated heterocycles. The highest BCUT2D eigenvalue weighted by Crippen LogP contribution is 2.32. The number of ether oxygens (including phenoxy) is 1. The van der Waals surface area contributed by atoms with E-state index in [0.29, 0.717) is 5.41 Å². The van der Waals surface area contributed by atoms with Crippen molar-refractivity contribution in [1.82, 2.24) is 10.2 Å². The van der Waals surface area contributed by atoms with Gasteiger partial charge in [-0.3, -0.25) is 4.90 Å². The van der Waals surface area contributed by atoms with Gasteiger partial charge in [0.15, 0.2) is 0 Å². The second-order valence-corrected chi connectivity index (χ2v) is 5.43. The van der Waals surface area contributed by atoms with Crippen molar-refractivity contribution in [2.45, 2.75) is 32.2 Å². The Balaban J connectivity index is 1.82. The first kappa shape index (κ1) is 11.4. The van der Waals surface area contributed by atoms with E-state index in [1.165, 1.54) is 38.9 Å². The van der Waals surface area contributed by atoms with Crippen LogP contribution in [-0.2, 0) is 4.74 Å². The summed E-state index contributed by atoms with van der Waals surface area (Å²) in [4.78, 5) is 2.64. The van der Waals surface area contributed by atoms with Crippen molar-refractivity contribution in [3.05, 3.63) is 0 Å². The Bertz CT molecular complexity index is 198. The predicted octanol–water partition coefficient (Wildman–Crippen LogP) is 1.10. The van der Waals surface area contributed by atoms with Gasteiger partial charge in [-0.15, -0.1) is 0 Å². The molecule has 2 aliphatic rings. The van der Waals surface area contributed by atoms with Crippen molar-refractivity contribution < 1.29 is 4.74 Å². The molecular formula is C12H24N2O. The van der Waals surface area contributed by atoms with Crippen molar-refractivity contribution in [3.63, 3.8) is 0 Å². The maximum Gasteiger partial charge on any atom is 0.0589 e. The van der Waals surface area contributed by atoms with E-state index in [-0.39, 0.29) is 0 Å². The Labute approximate surface area is 93.2 Å². The van der Waals surface area contributed by atoms with Gasteiger partial charge in [0.25, 0.3) is 0 Å². The first-order valence-corrected chi connectivity index (χ1v) is 6.17. The van der Waals surface area contributed by atoms with Crippen molar-refractivity contribution in [2.24, 2.45) is 5.41 Å². The smallest absolute Gasteiger partial charge is 0.0589 e. The average Bonchev–Trinajstić information content (AvgIpc) is 2.98. The van der Waals surface area contributed by atoms with E-state index in [9.17, 15) is 0 Å². The van der Waals surface area contributed by atoms with Crippen LogP contribution in [0.5, 0.6) is 0 Å². The van der Waals surface area contributed by atoms with Gasteiger partial charge >= 0.3 is 0 Å². The summed E-state index contributed by atoms with van der Waals surface area (Å²) in [6, 6.07) is 0.859. The summed E-state index contributed by atoms with van der Waals surface area (Å²) in [7, 11) is 1.80. The van der Waals surface area contributed by atoms with Crippen LogP contribution in [0.25, 0.3) is 0 Å². The van der Waals surface area contributed by atoms with Crippen molar-refractivity contribution in [2.75, 3.05) is 39.9 Å². The van der Waals surface area contributed by atoms with Gasteiger partial charge in [0.2, 0.25) is 0 Å². The topological polar surface area (TPSA) is 24.5 Å². The maximum atomic E-state index is 5.19. The van der Waals surface area contributed by atoms with Crippen LogP contribution in [0, 0.1) is 5.41 Å². The van der Waals surface area contributed by atoms with E-state index in [2.05, 4.69) is 17.1 Å². The summed E-state index contributed by atoms with van der Waals surface area (Å²) >= 11 is 0. The summed E-state index contributed by atoms with van der Waals surface area (Å²) in [6.07, 6.45) is 4.11. The highest BCUT2D eigenvalue weighted by molar-refractivity contribution is 4.92. The van der Waals surface area contributed by atoms with E-state index in [1.807, 2.05) is 0 Å². The molecule has 0 bridgehead atoms. The number of nitrogens with zero attached hydrogens (tertiary/aromatic N) is 1. The molecule has 0 aromatic carbocycles. The lowest BCUT2D eigenvalue weighted by Crippen LogP contribution is -2.40. The molecule has 2 rings (SSSR count). The number of rotatable bonds is 6. The zero-order valence-electron chi connectivity index (χ0n) is 10.1. The molecule has 3 nitrogen and oxygen atoms in total. The summed E-state index contributed by atoms with van der Waals surface area (Å²) in [6.45, 7) is 8.02. The predicted molar refractivity (Wildman–Crippen MR) is 62.1 cm³/mol. The maximum absolute atomic E-state index is 5.19. The number of methoxy groups -OCH3 is 1. The van der Waals surface area contributed by atoms with Gasteiger partial charge in [0, 0.05) is 32.8 Å². The summed E-state index contributed by atoms with van der Waals surface area (Å²) in [5.74, 6) is 0. The minimum atomic E-state index is 0.496. The molecule has 1 heterocycles. The molecule has 1 unspecified atom stereocenters. The molecule has 15 heavy (non-hydrogen) atoms. The molecular weight excluding hydrogens is 188 g/mol. The highest BCUT2D eigenvalue weighted by atomic mass is 16.5. The minimum Gasteiger partial charge on any atom is -0.383 e. The van der Waals surface area contributed by atoms with Crippen molar-refractivity contribution in [3.8, 4) is 0 Å². The molecule has 0 aromatic heterocycles. The number of hydrogen-bond donors (Lipinski definition) is 1. The van der Waals surface area contributed by atoms with E-state index >= 15 is 0 Å². The third kappa shape index (κ3) is 3.16. The van der Waals surface area contributed by atoms with E-state index in [1.54, 1.807) is 7.11 Å². The number of hydrogen-bond acceptors (Lipinski definition) is 3. The van der Waals surface area contributed by atoms with E-state index < -0.39 is 0 Å². The fourth-order valence-corrected chi connectivity index (χ4v) is 2.53. The Kier molecular flexibility index (Phi) is 3.65. The second kappa shape index (κ2) is 4.81. The third-order valence-electron chi connectivity index (χ3n) is 3.69. The quantitative estimate of drug-likeness (QED) is 0.713. The molecule has 1 saturated carbocycles. The van der Waals surface area contributed by atoms with Gasteiger partial charge < -0.3 is 10.1 Å². The van der Waals surface area contributed by atoms with Gasteiger partial charge in [-0.2, -0.15) is 0 Å². The standard InChI is InChI=1S/C12H24N2O/c1-12(5-6-13-9-12)10-14(7-8-15-2)11-3-4-11/h11,13H,3-10H2,1-2H3. The molecule has 1 N–H and O–H groups in total. The van der Waals surface area contributed by atoms with Gasteiger partial charge in [-0.1, -0.05) is 6.92 Å². The van der Waals surface area contributed by atoms with Crippen molar-refractivity contribution >= 4 is 0 Å². The average molecular weight is 212 g/mol. The highest BCUT2D eigenvalue weighted by Gasteiger charge is 2.36. The van der Waals surface area contributed by atoms with Crippen LogP contribution < -0.4 is 5.32 Å². The Hall–Kier alpha value is -0.120. The fourth-order valence-electron chi connectivity index (χ4n) is 2.53. The van der Waals surface area contributed by atoms with Gasteiger partial charge in [-0.05, 0) is 31.2 Å². The van der Waals surface area contributed by atoms with Gasteiger partial charge in [-0.25, -0.2) is 0 Å². The first-order valence-electron chi connectivity index (χ1n) is 6.17. The molecule has 1 atom stereocenters. The molecule has 3 heteroatoms. The van der Waals surface area contributed by atoms with Crippen LogP contribution in [0.3, 0.4) is 0 Å². The lowest BCUT2D eigenvalue weighted by Gasteiger charge is -2.31. The van der Waals surface area contributed by atoms with Crippen LogP contribution in [0.1, 0.15) is 26.2 Å². The van der Waals surface area contributed by atoms with Crippen LogP contribution in [0.2, 0.25) is 0 Å². The van der Waals surface area contributed by atoms with Crippen molar-refractivity contribution in [1.29, 1.82) is 0 Å². The second-order valence-electron chi connectivity index (χ2n) is 5.43. The van der Waals surface area contributed by atoms with Gasteiger partial charge in [0.05, 0.1) is 6.61 Å². The Morgan fingerprint density at radius 1 is 1.47 bits per heavy atom. The lowest BCUT2D eigenvalue weighted by molar-refractivity contribution is 0.113. The summed E-state index contributed by atoms with van der Waals surface area (Å²) in [5.41, 5.74) is 0.496. The summed E-state index contributed by atoms with van der Waals surface area (Å²) < 4.78 is 5.19. The minimum absolute atomic E-state index is 0.496. The molecule has 0 amide bonds. The lowest BCUT2D eigenvalue weighted by atomic mass is 9.89. The van der Waals surface area contributed by atoms with Crippen LogP contribution >= 0.6 is 0 Å². The van der Waals surface area contributed by atoms with Crippen LogP contribution in [-0.4, -0.2) is 50.8 Å². The molecule has 0 spiro atoms. The molecule has 1 aliphatic carbocycles. The van der Waals surface area contributed by atoms with Crippen LogP contribution in [0.15, 0.2) is 0 Å². The van der Waals surface area contributed by atoms with Gasteiger partial charge in [0.1, 0.15) is 0 Å². The molecule has 1 aliphatic heterocycles. The first-order chi connectivity index (χ1) is 7.23. The third-order valence-corrected chi connectivity index (χ3v) is 3.69. The van der Waals surface area contributed by atoms with E-state index in [0.717, 1.165) is 19.2 Å². The molecule has 88 valence electrons. The summed E-state index contributed by atoms with van der Waals surface area (Å²) in [5, 5.41) is 3.48.